The summed E-state index contributed by atoms with van der Waals surface area (Å²) in [6.07, 6.45) is 2.57. The summed E-state index contributed by atoms with van der Waals surface area (Å²) in [5, 5.41) is 14.6. The van der Waals surface area contributed by atoms with Crippen molar-refractivity contribution in [3.8, 4) is 11.5 Å². The summed E-state index contributed by atoms with van der Waals surface area (Å²) in [5.41, 5.74) is 0. The van der Waals surface area contributed by atoms with Crippen LogP contribution in [0.1, 0.15) is 19.7 Å². The van der Waals surface area contributed by atoms with Crippen molar-refractivity contribution >= 4 is 5.96 Å². The Bertz CT molecular complexity index is 700. The molecule has 0 aliphatic carbocycles. The van der Waals surface area contributed by atoms with Crippen LogP contribution < -0.4 is 20.1 Å². The Hall–Kier alpha value is -2.77. The summed E-state index contributed by atoms with van der Waals surface area (Å²) in [5.74, 6) is 3.16. The number of methoxy groups -OCH3 is 1. The second-order valence-electron chi connectivity index (χ2n) is 5.75. The number of hydrogen-bond donors (Lipinski definition) is 2. The van der Waals surface area contributed by atoms with Gasteiger partial charge in [-0.05, 0) is 19.1 Å². The number of benzene rings is 1. The standard InChI is InChI=1S/C18H28N6O2/c1-5-17-23-22-13-24(17)11-10-20-18(19-3)21-12-14(2)26-16-9-7-6-8-15(16)25-4/h6-9,13-14H,5,10-12H2,1-4H3,(H2,19,20,21). The largest absolute Gasteiger partial charge is 0.493 e. The maximum absolute atomic E-state index is 5.93. The van der Waals surface area contributed by atoms with E-state index in [1.54, 1.807) is 20.5 Å². The lowest BCUT2D eigenvalue weighted by Gasteiger charge is -2.19. The molecule has 8 heteroatoms. The normalized spacial score (nSPS) is 12.5. The zero-order chi connectivity index (χ0) is 18.8. The number of aliphatic imine (C=N–C) groups is 1. The molecule has 0 fully saturated rings. The van der Waals surface area contributed by atoms with Crippen LogP contribution in [-0.2, 0) is 13.0 Å². The van der Waals surface area contributed by atoms with Crippen molar-refractivity contribution in [2.75, 3.05) is 27.2 Å². The van der Waals surface area contributed by atoms with E-state index in [1.807, 2.05) is 35.8 Å². The van der Waals surface area contributed by atoms with E-state index in [0.29, 0.717) is 6.54 Å². The lowest BCUT2D eigenvalue weighted by molar-refractivity contribution is 0.213. The van der Waals surface area contributed by atoms with E-state index in [9.17, 15) is 0 Å². The molecule has 1 aromatic carbocycles. The van der Waals surface area contributed by atoms with Crippen molar-refractivity contribution in [2.24, 2.45) is 4.99 Å². The molecular formula is C18H28N6O2. The third kappa shape index (κ3) is 5.65. The van der Waals surface area contributed by atoms with Crippen LogP contribution >= 0.6 is 0 Å². The van der Waals surface area contributed by atoms with Gasteiger partial charge < -0.3 is 24.7 Å². The minimum atomic E-state index is -0.0469. The summed E-state index contributed by atoms with van der Waals surface area (Å²) in [6.45, 7) is 6.19. The van der Waals surface area contributed by atoms with Gasteiger partial charge in [0.15, 0.2) is 17.5 Å². The molecule has 0 radical (unpaired) electrons. The molecule has 8 nitrogen and oxygen atoms in total. The van der Waals surface area contributed by atoms with E-state index in [1.165, 1.54) is 0 Å². The molecule has 0 aliphatic heterocycles. The molecule has 0 aliphatic rings. The summed E-state index contributed by atoms with van der Waals surface area (Å²) in [4.78, 5) is 4.24. The van der Waals surface area contributed by atoms with Crippen molar-refractivity contribution in [3.05, 3.63) is 36.4 Å². The van der Waals surface area contributed by atoms with E-state index in [0.717, 1.165) is 42.8 Å². The number of aryl methyl sites for hydroxylation is 1. The summed E-state index contributed by atoms with van der Waals surface area (Å²) >= 11 is 0. The van der Waals surface area contributed by atoms with Crippen LogP contribution in [0.4, 0.5) is 0 Å². The fourth-order valence-electron chi connectivity index (χ4n) is 2.47. The molecule has 0 saturated heterocycles. The summed E-state index contributed by atoms with van der Waals surface area (Å²) in [7, 11) is 3.38. The van der Waals surface area contributed by atoms with Gasteiger partial charge in [0.2, 0.25) is 0 Å². The minimum Gasteiger partial charge on any atom is -0.493 e. The van der Waals surface area contributed by atoms with Crippen LogP contribution in [0.2, 0.25) is 0 Å². The second kappa shape index (κ2) is 10.3. The third-order valence-electron chi connectivity index (χ3n) is 3.83. The van der Waals surface area contributed by atoms with Gasteiger partial charge in [-0.15, -0.1) is 10.2 Å². The average molecular weight is 360 g/mol. The monoisotopic (exact) mass is 360 g/mol. The first-order chi connectivity index (χ1) is 12.7. The Morgan fingerprint density at radius 3 is 2.73 bits per heavy atom. The Morgan fingerprint density at radius 1 is 1.27 bits per heavy atom. The van der Waals surface area contributed by atoms with Crippen molar-refractivity contribution in [1.29, 1.82) is 0 Å². The van der Waals surface area contributed by atoms with Gasteiger partial charge >= 0.3 is 0 Å². The molecule has 26 heavy (non-hydrogen) atoms. The molecular weight excluding hydrogens is 332 g/mol. The molecule has 1 atom stereocenters. The number of rotatable bonds is 9. The molecule has 0 saturated carbocycles. The summed E-state index contributed by atoms with van der Waals surface area (Å²) in [6, 6.07) is 7.62. The van der Waals surface area contributed by atoms with Gasteiger partial charge in [-0.3, -0.25) is 4.99 Å². The number of aromatic nitrogens is 3. The maximum atomic E-state index is 5.93. The van der Waals surface area contributed by atoms with Crippen LogP contribution in [-0.4, -0.2) is 54.1 Å². The highest BCUT2D eigenvalue weighted by Crippen LogP contribution is 2.26. The van der Waals surface area contributed by atoms with Gasteiger partial charge in [0.05, 0.1) is 13.7 Å². The molecule has 2 aromatic rings. The highest BCUT2D eigenvalue weighted by Gasteiger charge is 2.09. The number of nitrogens with zero attached hydrogens (tertiary/aromatic N) is 4. The van der Waals surface area contributed by atoms with Gasteiger partial charge in [-0.1, -0.05) is 19.1 Å². The third-order valence-corrected chi connectivity index (χ3v) is 3.83. The number of nitrogens with one attached hydrogen (secondary N) is 2. The molecule has 2 rings (SSSR count). The van der Waals surface area contributed by atoms with Crippen molar-refractivity contribution < 1.29 is 9.47 Å². The fraction of sp³-hybridized carbons (Fsp3) is 0.500. The molecule has 1 aromatic heterocycles. The number of guanidine groups is 1. The van der Waals surface area contributed by atoms with E-state index < -0.39 is 0 Å². The van der Waals surface area contributed by atoms with Crippen LogP contribution in [0.25, 0.3) is 0 Å². The van der Waals surface area contributed by atoms with Gasteiger partial charge in [-0.25, -0.2) is 0 Å². The summed E-state index contributed by atoms with van der Waals surface area (Å²) < 4.78 is 13.3. The predicted octanol–water partition coefficient (Wildman–Crippen LogP) is 1.48. The van der Waals surface area contributed by atoms with Crippen LogP contribution in [0.5, 0.6) is 11.5 Å². The van der Waals surface area contributed by atoms with Gasteiger partial charge in [0.1, 0.15) is 18.3 Å². The zero-order valence-corrected chi connectivity index (χ0v) is 15.9. The molecule has 2 N–H and O–H groups in total. The Labute approximate surface area is 154 Å². The van der Waals surface area contributed by atoms with E-state index in [2.05, 4.69) is 32.7 Å². The Morgan fingerprint density at radius 2 is 2.04 bits per heavy atom. The predicted molar refractivity (Wildman–Crippen MR) is 102 cm³/mol. The molecule has 1 heterocycles. The maximum Gasteiger partial charge on any atom is 0.191 e. The molecule has 0 amide bonds. The van der Waals surface area contributed by atoms with Crippen LogP contribution in [0, 0.1) is 0 Å². The topological polar surface area (TPSA) is 85.6 Å². The first kappa shape index (κ1) is 19.6. The lowest BCUT2D eigenvalue weighted by atomic mass is 10.3. The Kier molecular flexibility index (Phi) is 7.73. The van der Waals surface area contributed by atoms with Crippen LogP contribution in [0.3, 0.4) is 0 Å². The smallest absolute Gasteiger partial charge is 0.191 e. The minimum absolute atomic E-state index is 0.0469. The Balaban J connectivity index is 1.75. The number of ether oxygens (including phenoxy) is 2. The zero-order valence-electron chi connectivity index (χ0n) is 15.9. The van der Waals surface area contributed by atoms with Crippen molar-refractivity contribution in [3.63, 3.8) is 0 Å². The second-order valence-corrected chi connectivity index (χ2v) is 5.75. The SMILES string of the molecule is CCc1nncn1CCNC(=NC)NCC(C)Oc1ccccc1OC. The van der Waals surface area contributed by atoms with Gasteiger partial charge in [0.25, 0.3) is 0 Å². The highest BCUT2D eigenvalue weighted by molar-refractivity contribution is 5.79. The molecule has 0 spiro atoms. The number of hydrogen-bond acceptors (Lipinski definition) is 5. The molecule has 0 bridgehead atoms. The molecule has 1 unspecified atom stereocenters. The van der Waals surface area contributed by atoms with Gasteiger partial charge in [-0.2, -0.15) is 0 Å². The quantitative estimate of drug-likeness (QED) is 0.520. The fourth-order valence-corrected chi connectivity index (χ4v) is 2.47. The van der Waals surface area contributed by atoms with E-state index in [4.69, 9.17) is 9.47 Å². The van der Waals surface area contributed by atoms with Crippen molar-refractivity contribution in [1.82, 2.24) is 25.4 Å². The van der Waals surface area contributed by atoms with Crippen LogP contribution in [0.15, 0.2) is 35.6 Å². The lowest BCUT2D eigenvalue weighted by Crippen LogP contribution is -2.42. The van der Waals surface area contributed by atoms with Gasteiger partial charge in [0, 0.05) is 26.6 Å². The van der Waals surface area contributed by atoms with E-state index >= 15 is 0 Å². The highest BCUT2D eigenvalue weighted by atomic mass is 16.5. The number of para-hydroxylation sites is 2. The average Bonchev–Trinajstić information content (AvgIpc) is 3.12. The molecule has 142 valence electrons. The van der Waals surface area contributed by atoms with Crippen molar-refractivity contribution in [2.45, 2.75) is 32.9 Å². The first-order valence-electron chi connectivity index (χ1n) is 8.78. The van der Waals surface area contributed by atoms with E-state index in [-0.39, 0.29) is 6.10 Å². The first-order valence-corrected chi connectivity index (χ1v) is 8.78.